The Bertz CT molecular complexity index is 456. The Balaban J connectivity index is 1.97. The fourth-order valence-electron chi connectivity index (χ4n) is 2.46. The zero-order valence-electron chi connectivity index (χ0n) is 11.1. The highest BCUT2D eigenvalue weighted by Gasteiger charge is 2.14. The van der Waals surface area contributed by atoms with Crippen molar-refractivity contribution in [3.8, 4) is 6.07 Å². The number of nitriles is 1. The van der Waals surface area contributed by atoms with E-state index in [4.69, 9.17) is 5.26 Å². The Morgan fingerprint density at radius 1 is 1.56 bits per heavy atom. The second kappa shape index (κ2) is 5.83. The van der Waals surface area contributed by atoms with E-state index in [1.165, 1.54) is 6.42 Å². The molecule has 1 aromatic heterocycles. The van der Waals surface area contributed by atoms with Crippen molar-refractivity contribution in [2.75, 3.05) is 25.0 Å². The lowest BCUT2D eigenvalue weighted by Crippen LogP contribution is -2.14. The molecule has 1 aliphatic rings. The van der Waals surface area contributed by atoms with Gasteiger partial charge < -0.3 is 10.6 Å². The average Bonchev–Trinajstić information content (AvgIpc) is 2.81. The standard InChI is InChI=1S/C14H20N4/c1-10-7-11(2)18-14(13(10)8-15)17-6-4-12-3-5-16-9-12/h7,12,16H,3-6,9H2,1-2H3,(H,17,18). The molecule has 0 bridgehead atoms. The minimum Gasteiger partial charge on any atom is -0.369 e. The molecule has 4 heteroatoms. The Morgan fingerprint density at radius 3 is 3.06 bits per heavy atom. The average molecular weight is 244 g/mol. The second-order valence-corrected chi connectivity index (χ2v) is 4.99. The van der Waals surface area contributed by atoms with Crippen LogP contribution in [-0.4, -0.2) is 24.6 Å². The second-order valence-electron chi connectivity index (χ2n) is 4.99. The van der Waals surface area contributed by atoms with Crippen molar-refractivity contribution < 1.29 is 0 Å². The Labute approximate surface area is 108 Å². The zero-order chi connectivity index (χ0) is 13.0. The van der Waals surface area contributed by atoms with Crippen LogP contribution in [0, 0.1) is 31.1 Å². The van der Waals surface area contributed by atoms with Crippen molar-refractivity contribution in [1.29, 1.82) is 5.26 Å². The number of hydrogen-bond donors (Lipinski definition) is 2. The van der Waals surface area contributed by atoms with Crippen LogP contribution in [0.1, 0.15) is 29.7 Å². The van der Waals surface area contributed by atoms with Crippen LogP contribution in [0.2, 0.25) is 0 Å². The summed E-state index contributed by atoms with van der Waals surface area (Å²) in [6.45, 7) is 7.05. The summed E-state index contributed by atoms with van der Waals surface area (Å²) in [6.07, 6.45) is 2.39. The lowest BCUT2D eigenvalue weighted by atomic mass is 10.1. The summed E-state index contributed by atoms with van der Waals surface area (Å²) in [6, 6.07) is 4.18. The first-order valence-electron chi connectivity index (χ1n) is 6.53. The van der Waals surface area contributed by atoms with Gasteiger partial charge in [0.15, 0.2) is 0 Å². The van der Waals surface area contributed by atoms with Crippen LogP contribution in [0.25, 0.3) is 0 Å². The molecule has 2 rings (SSSR count). The summed E-state index contributed by atoms with van der Waals surface area (Å²) in [5, 5.41) is 15.8. The molecule has 4 nitrogen and oxygen atoms in total. The molecular weight excluding hydrogens is 224 g/mol. The molecular formula is C14H20N4. The molecule has 1 saturated heterocycles. The van der Waals surface area contributed by atoms with Gasteiger partial charge in [-0.15, -0.1) is 0 Å². The van der Waals surface area contributed by atoms with Crippen LogP contribution < -0.4 is 10.6 Å². The quantitative estimate of drug-likeness (QED) is 0.850. The fraction of sp³-hybridized carbons (Fsp3) is 0.571. The molecule has 2 heterocycles. The van der Waals surface area contributed by atoms with Crippen LogP contribution >= 0.6 is 0 Å². The molecule has 1 unspecified atom stereocenters. The molecule has 1 fully saturated rings. The first-order chi connectivity index (χ1) is 8.70. The zero-order valence-corrected chi connectivity index (χ0v) is 11.1. The lowest BCUT2D eigenvalue weighted by molar-refractivity contribution is 0.549. The summed E-state index contributed by atoms with van der Waals surface area (Å²) < 4.78 is 0. The van der Waals surface area contributed by atoms with Crippen molar-refractivity contribution in [3.63, 3.8) is 0 Å². The van der Waals surface area contributed by atoms with E-state index >= 15 is 0 Å². The van der Waals surface area contributed by atoms with Gasteiger partial charge in [0.25, 0.3) is 0 Å². The van der Waals surface area contributed by atoms with E-state index in [0.29, 0.717) is 5.56 Å². The monoisotopic (exact) mass is 244 g/mol. The highest BCUT2D eigenvalue weighted by Crippen LogP contribution is 2.18. The Morgan fingerprint density at radius 2 is 2.39 bits per heavy atom. The maximum absolute atomic E-state index is 9.16. The highest BCUT2D eigenvalue weighted by molar-refractivity contribution is 5.56. The minimum atomic E-state index is 0.671. The minimum absolute atomic E-state index is 0.671. The molecule has 0 aromatic carbocycles. The van der Waals surface area contributed by atoms with Crippen molar-refractivity contribution >= 4 is 5.82 Å². The molecule has 96 valence electrons. The number of aromatic nitrogens is 1. The molecule has 0 radical (unpaired) electrons. The van der Waals surface area contributed by atoms with Crippen LogP contribution in [-0.2, 0) is 0 Å². The number of pyridine rings is 1. The van der Waals surface area contributed by atoms with Crippen LogP contribution in [0.3, 0.4) is 0 Å². The lowest BCUT2D eigenvalue weighted by Gasteiger charge is -2.12. The maximum atomic E-state index is 9.16. The van der Waals surface area contributed by atoms with Crippen LogP contribution in [0.15, 0.2) is 6.07 Å². The predicted molar refractivity (Wildman–Crippen MR) is 72.5 cm³/mol. The van der Waals surface area contributed by atoms with Crippen molar-refractivity contribution in [2.24, 2.45) is 5.92 Å². The van der Waals surface area contributed by atoms with Gasteiger partial charge >= 0.3 is 0 Å². The van der Waals surface area contributed by atoms with E-state index in [1.54, 1.807) is 0 Å². The van der Waals surface area contributed by atoms with E-state index in [1.807, 2.05) is 19.9 Å². The smallest absolute Gasteiger partial charge is 0.144 e. The van der Waals surface area contributed by atoms with Crippen LogP contribution in [0.5, 0.6) is 0 Å². The summed E-state index contributed by atoms with van der Waals surface area (Å²) in [5.74, 6) is 1.50. The van der Waals surface area contributed by atoms with Crippen molar-refractivity contribution in [2.45, 2.75) is 26.7 Å². The third-order valence-corrected chi connectivity index (χ3v) is 3.46. The SMILES string of the molecule is Cc1cc(C)c(C#N)c(NCCC2CCNC2)n1. The van der Waals surface area contributed by atoms with Crippen LogP contribution in [0.4, 0.5) is 5.82 Å². The normalized spacial score (nSPS) is 18.6. The van der Waals surface area contributed by atoms with E-state index in [-0.39, 0.29) is 0 Å². The van der Waals surface area contributed by atoms with E-state index in [2.05, 4.69) is 21.7 Å². The van der Waals surface area contributed by atoms with Gasteiger partial charge in [-0.05, 0) is 57.3 Å². The van der Waals surface area contributed by atoms with Gasteiger partial charge in [0.05, 0.1) is 5.56 Å². The molecule has 2 N–H and O–H groups in total. The van der Waals surface area contributed by atoms with Gasteiger partial charge in [0.1, 0.15) is 11.9 Å². The summed E-state index contributed by atoms with van der Waals surface area (Å²) >= 11 is 0. The number of nitrogens with one attached hydrogen (secondary N) is 2. The molecule has 0 aliphatic carbocycles. The van der Waals surface area contributed by atoms with Gasteiger partial charge in [0.2, 0.25) is 0 Å². The third kappa shape index (κ3) is 2.99. The van der Waals surface area contributed by atoms with Gasteiger partial charge in [-0.3, -0.25) is 0 Å². The number of hydrogen-bond acceptors (Lipinski definition) is 4. The molecule has 0 spiro atoms. The summed E-state index contributed by atoms with van der Waals surface area (Å²) in [7, 11) is 0. The molecule has 1 aliphatic heterocycles. The summed E-state index contributed by atoms with van der Waals surface area (Å²) in [5.41, 5.74) is 2.62. The maximum Gasteiger partial charge on any atom is 0.144 e. The summed E-state index contributed by atoms with van der Waals surface area (Å²) in [4.78, 5) is 4.42. The topological polar surface area (TPSA) is 60.7 Å². The van der Waals surface area contributed by atoms with E-state index in [9.17, 15) is 0 Å². The highest BCUT2D eigenvalue weighted by atomic mass is 15.0. The number of anilines is 1. The fourth-order valence-corrected chi connectivity index (χ4v) is 2.46. The Hall–Kier alpha value is -1.60. The van der Waals surface area contributed by atoms with E-state index in [0.717, 1.165) is 49.0 Å². The van der Waals surface area contributed by atoms with Crippen molar-refractivity contribution in [3.05, 3.63) is 22.9 Å². The molecule has 0 amide bonds. The van der Waals surface area contributed by atoms with E-state index < -0.39 is 0 Å². The predicted octanol–water partition coefficient (Wildman–Crippen LogP) is 1.98. The largest absolute Gasteiger partial charge is 0.369 e. The van der Waals surface area contributed by atoms with Gasteiger partial charge in [-0.2, -0.15) is 5.26 Å². The number of rotatable bonds is 4. The molecule has 0 saturated carbocycles. The molecule has 1 aromatic rings. The first kappa shape index (κ1) is 12.8. The van der Waals surface area contributed by atoms with Crippen molar-refractivity contribution in [1.82, 2.24) is 10.3 Å². The molecule has 18 heavy (non-hydrogen) atoms. The van der Waals surface area contributed by atoms with Gasteiger partial charge in [0, 0.05) is 12.2 Å². The van der Waals surface area contributed by atoms with Gasteiger partial charge in [-0.1, -0.05) is 0 Å². The first-order valence-corrected chi connectivity index (χ1v) is 6.53. The number of nitrogens with zero attached hydrogens (tertiary/aromatic N) is 2. The van der Waals surface area contributed by atoms with Gasteiger partial charge in [-0.25, -0.2) is 4.98 Å². The number of aryl methyl sites for hydroxylation is 2. The third-order valence-electron chi connectivity index (χ3n) is 3.46. The Kier molecular flexibility index (Phi) is 4.16. The molecule has 1 atom stereocenters.